The van der Waals surface area contributed by atoms with Gasteiger partial charge in [0.1, 0.15) is 11.6 Å². The van der Waals surface area contributed by atoms with Crippen LogP contribution in [0.15, 0.2) is 42.5 Å². The molecule has 7 nitrogen and oxygen atoms in total. The minimum atomic E-state index is -3.66. The summed E-state index contributed by atoms with van der Waals surface area (Å²) < 4.78 is 62.3. The molecule has 1 saturated carbocycles. The van der Waals surface area contributed by atoms with Gasteiger partial charge in [-0.25, -0.2) is 21.9 Å². The Morgan fingerprint density at radius 3 is 2.43 bits per heavy atom. The average Bonchev–Trinajstić information content (AvgIpc) is 2.74. The zero-order valence-electron chi connectivity index (χ0n) is 19.7. The minimum absolute atomic E-state index is 0.0355. The number of hydrogen-bond donors (Lipinski definition) is 1. The summed E-state index contributed by atoms with van der Waals surface area (Å²) in [6.45, 7) is 2.64. The summed E-state index contributed by atoms with van der Waals surface area (Å²) in [4.78, 5) is 26.3. The summed E-state index contributed by atoms with van der Waals surface area (Å²) in [5, 5.41) is 0. The molecule has 35 heavy (non-hydrogen) atoms. The molecule has 2 aromatic rings. The quantitative estimate of drug-likeness (QED) is 0.583. The predicted molar refractivity (Wildman–Crippen MR) is 126 cm³/mol. The fourth-order valence-electron chi connectivity index (χ4n) is 5.26. The predicted octanol–water partition coefficient (Wildman–Crippen LogP) is 3.03. The first kappa shape index (κ1) is 25.2. The van der Waals surface area contributed by atoms with Crippen molar-refractivity contribution in [3.63, 3.8) is 0 Å². The molecule has 2 bridgehead atoms. The first-order valence-corrected chi connectivity index (χ1v) is 13.3. The zero-order chi connectivity index (χ0) is 25.5. The summed E-state index contributed by atoms with van der Waals surface area (Å²) in [5.74, 6) is -2.43. The van der Waals surface area contributed by atoms with Crippen molar-refractivity contribution in [3.05, 3.63) is 59.7 Å². The minimum Gasteiger partial charge on any atom is -0.453 e. The number of benzene rings is 2. The lowest BCUT2D eigenvalue weighted by molar-refractivity contribution is -0.168. The Morgan fingerprint density at radius 1 is 1.17 bits per heavy atom. The third kappa shape index (κ3) is 5.38. The molecule has 0 spiro atoms. The van der Waals surface area contributed by atoms with E-state index in [1.807, 2.05) is 0 Å². The summed E-state index contributed by atoms with van der Waals surface area (Å²) in [6, 6.07) is 9.07. The van der Waals surface area contributed by atoms with Crippen LogP contribution in [-0.2, 0) is 30.8 Å². The third-order valence-electron chi connectivity index (χ3n) is 6.74. The van der Waals surface area contributed by atoms with Gasteiger partial charge in [-0.3, -0.25) is 9.59 Å². The first-order valence-electron chi connectivity index (χ1n) is 11.4. The maximum atomic E-state index is 15.6. The number of nitrogens with zero attached hydrogens (tertiary/aromatic N) is 1. The van der Waals surface area contributed by atoms with Gasteiger partial charge < -0.3 is 9.64 Å². The summed E-state index contributed by atoms with van der Waals surface area (Å²) in [7, 11) is -3.66. The molecule has 0 unspecified atom stereocenters. The molecular weight excluding hydrogens is 478 g/mol. The fraction of sp³-hybridized carbons (Fsp3) is 0.440. The standard InChI is InChI=1S/C25H28F2N2O5S/c1-14(34-15(2)30)25(31)29-20-10-18(11-20)24(28-35(3,32)33)22(29)12-17-9-19(26)13-21(23(17)27)16-7-5-4-6-8-16/h4-9,13-14,18,20,22,24,28H,10-12H2,1-3H3/t14-,18?,20?,22+,24+/m1/s1. The lowest BCUT2D eigenvalue weighted by Gasteiger charge is -2.58. The van der Waals surface area contributed by atoms with Crippen molar-refractivity contribution >= 4 is 21.9 Å². The molecule has 2 heterocycles. The molecule has 1 N–H and O–H groups in total. The van der Waals surface area contributed by atoms with Crippen molar-refractivity contribution in [2.75, 3.05) is 6.26 Å². The Labute approximate surface area is 203 Å². The molecule has 0 aromatic heterocycles. The topological polar surface area (TPSA) is 92.8 Å². The normalized spacial score (nSPS) is 24.4. The van der Waals surface area contributed by atoms with Crippen molar-refractivity contribution in [1.29, 1.82) is 0 Å². The van der Waals surface area contributed by atoms with Crippen LogP contribution in [0.1, 0.15) is 32.3 Å². The molecule has 2 saturated heterocycles. The van der Waals surface area contributed by atoms with Crippen LogP contribution in [0.5, 0.6) is 0 Å². The number of amides is 1. The van der Waals surface area contributed by atoms with E-state index in [2.05, 4.69) is 4.72 Å². The molecule has 3 atom stereocenters. The Bertz CT molecular complexity index is 1230. The average molecular weight is 507 g/mol. The zero-order valence-corrected chi connectivity index (χ0v) is 20.5. The summed E-state index contributed by atoms with van der Waals surface area (Å²) in [5.41, 5.74) is 0.619. The van der Waals surface area contributed by atoms with Gasteiger partial charge in [0.05, 0.1) is 12.3 Å². The van der Waals surface area contributed by atoms with Crippen LogP contribution in [0, 0.1) is 17.6 Å². The highest BCUT2D eigenvalue weighted by molar-refractivity contribution is 7.88. The van der Waals surface area contributed by atoms with E-state index in [9.17, 15) is 22.4 Å². The van der Waals surface area contributed by atoms with Crippen LogP contribution in [-0.4, -0.2) is 55.7 Å². The summed E-state index contributed by atoms with van der Waals surface area (Å²) >= 11 is 0. The molecule has 2 aromatic carbocycles. The van der Waals surface area contributed by atoms with Crippen molar-refractivity contribution < 1.29 is 31.5 Å². The van der Waals surface area contributed by atoms with Gasteiger partial charge in [0.2, 0.25) is 10.0 Å². The van der Waals surface area contributed by atoms with E-state index < -0.39 is 51.7 Å². The second kappa shape index (κ2) is 9.66. The molecule has 2 aliphatic heterocycles. The smallest absolute Gasteiger partial charge is 0.303 e. The van der Waals surface area contributed by atoms with Crippen LogP contribution in [0.3, 0.4) is 0 Å². The van der Waals surface area contributed by atoms with Gasteiger partial charge in [0.15, 0.2) is 6.10 Å². The highest BCUT2D eigenvalue weighted by Crippen LogP contribution is 2.45. The molecule has 3 fully saturated rings. The monoisotopic (exact) mass is 506 g/mol. The molecular formula is C25H28F2N2O5S. The lowest BCUT2D eigenvalue weighted by Crippen LogP contribution is -2.71. The van der Waals surface area contributed by atoms with E-state index in [1.54, 1.807) is 30.3 Å². The van der Waals surface area contributed by atoms with E-state index in [4.69, 9.17) is 4.74 Å². The van der Waals surface area contributed by atoms with Crippen LogP contribution < -0.4 is 4.72 Å². The van der Waals surface area contributed by atoms with E-state index in [1.165, 1.54) is 18.7 Å². The van der Waals surface area contributed by atoms with Crippen molar-refractivity contribution in [2.45, 2.75) is 57.3 Å². The number of carbonyl (C=O) groups excluding carboxylic acids is 2. The highest BCUT2D eigenvalue weighted by Gasteiger charge is 2.54. The lowest BCUT2D eigenvalue weighted by atomic mass is 9.66. The van der Waals surface area contributed by atoms with Gasteiger partial charge in [0, 0.05) is 24.6 Å². The van der Waals surface area contributed by atoms with Crippen molar-refractivity contribution in [3.8, 4) is 11.1 Å². The molecule has 188 valence electrons. The number of ether oxygens (including phenoxy) is 1. The number of sulfonamides is 1. The van der Waals surface area contributed by atoms with Gasteiger partial charge in [-0.15, -0.1) is 0 Å². The summed E-state index contributed by atoms with van der Waals surface area (Å²) in [6.07, 6.45) is 0.968. The molecule has 10 heteroatoms. The maximum absolute atomic E-state index is 15.6. The molecule has 0 radical (unpaired) electrons. The van der Waals surface area contributed by atoms with Crippen molar-refractivity contribution in [2.24, 2.45) is 5.92 Å². The van der Waals surface area contributed by atoms with E-state index >= 15 is 4.39 Å². The number of rotatable bonds is 7. The molecule has 1 amide bonds. The number of piperidine rings is 2. The van der Waals surface area contributed by atoms with Crippen LogP contribution >= 0.6 is 0 Å². The number of halogens is 2. The van der Waals surface area contributed by atoms with Gasteiger partial charge in [0.25, 0.3) is 5.91 Å². The number of fused-ring (bicyclic) bond motifs is 2. The van der Waals surface area contributed by atoms with Gasteiger partial charge in [-0.05, 0) is 55.4 Å². The van der Waals surface area contributed by atoms with Crippen LogP contribution in [0.4, 0.5) is 8.78 Å². The Morgan fingerprint density at radius 2 is 1.83 bits per heavy atom. The number of nitrogens with one attached hydrogen (secondary N) is 1. The number of carbonyl (C=O) groups is 2. The van der Waals surface area contributed by atoms with Gasteiger partial charge in [-0.2, -0.15) is 0 Å². The van der Waals surface area contributed by atoms with Crippen LogP contribution in [0.2, 0.25) is 0 Å². The molecule has 3 aliphatic rings. The number of esters is 1. The van der Waals surface area contributed by atoms with Gasteiger partial charge >= 0.3 is 5.97 Å². The van der Waals surface area contributed by atoms with E-state index in [-0.39, 0.29) is 29.5 Å². The second-order valence-corrected chi connectivity index (χ2v) is 11.1. The first-order chi connectivity index (χ1) is 16.4. The highest BCUT2D eigenvalue weighted by atomic mass is 32.2. The van der Waals surface area contributed by atoms with Crippen LogP contribution in [0.25, 0.3) is 11.1 Å². The van der Waals surface area contributed by atoms with E-state index in [0.717, 1.165) is 18.4 Å². The SMILES string of the molecule is CC(=O)O[C@H](C)C(=O)N1C2CC(C2)[C@H](NS(C)(=O)=O)[C@@H]1Cc1cc(F)cc(-c2ccccc2)c1F. The molecule has 5 rings (SSSR count). The van der Waals surface area contributed by atoms with Crippen molar-refractivity contribution in [1.82, 2.24) is 9.62 Å². The second-order valence-electron chi connectivity index (χ2n) is 9.36. The van der Waals surface area contributed by atoms with E-state index in [0.29, 0.717) is 18.4 Å². The Hall–Kier alpha value is -2.85. The third-order valence-corrected chi connectivity index (χ3v) is 7.44. The fourth-order valence-corrected chi connectivity index (χ4v) is 6.10. The number of hydrogen-bond acceptors (Lipinski definition) is 5. The molecule has 1 aliphatic carbocycles. The Kier molecular flexibility index (Phi) is 6.97. The maximum Gasteiger partial charge on any atom is 0.303 e. The Balaban J connectivity index is 1.74. The largest absolute Gasteiger partial charge is 0.453 e. The van der Waals surface area contributed by atoms with Gasteiger partial charge in [-0.1, -0.05) is 30.3 Å².